The van der Waals surface area contributed by atoms with E-state index in [1.807, 2.05) is 6.92 Å². The van der Waals surface area contributed by atoms with Crippen LogP contribution in [0.1, 0.15) is 32.6 Å². The first-order chi connectivity index (χ1) is 8.51. The molecular weight excluding hydrogens is 248 g/mol. The number of hydrogen-bond acceptors (Lipinski definition) is 3. The molecule has 1 heterocycles. The number of hydrogen-bond donors (Lipinski definition) is 1. The summed E-state index contributed by atoms with van der Waals surface area (Å²) in [5.74, 6) is 0. The Balaban J connectivity index is 2.35. The van der Waals surface area contributed by atoms with E-state index in [1.54, 1.807) is 22.5 Å². The maximum Gasteiger partial charge on any atom is 0.243 e. The van der Waals surface area contributed by atoms with E-state index in [-0.39, 0.29) is 6.04 Å². The molecule has 0 aliphatic carbocycles. The molecule has 1 fully saturated rings. The Labute approximate surface area is 109 Å². The highest BCUT2D eigenvalue weighted by Gasteiger charge is 2.29. The first-order valence-electron chi connectivity index (χ1n) is 6.39. The van der Waals surface area contributed by atoms with Crippen LogP contribution in [-0.2, 0) is 10.0 Å². The summed E-state index contributed by atoms with van der Waals surface area (Å²) in [4.78, 5) is 0.302. The Morgan fingerprint density at radius 1 is 1.28 bits per heavy atom. The number of nitrogens with zero attached hydrogens (tertiary/aromatic N) is 1. The largest absolute Gasteiger partial charge is 0.399 e. The molecule has 1 aliphatic heterocycles. The van der Waals surface area contributed by atoms with Gasteiger partial charge in [0.2, 0.25) is 10.0 Å². The first kappa shape index (κ1) is 13.4. The lowest BCUT2D eigenvalue weighted by Gasteiger charge is -2.26. The van der Waals surface area contributed by atoms with E-state index in [4.69, 9.17) is 5.73 Å². The van der Waals surface area contributed by atoms with E-state index in [1.165, 1.54) is 6.07 Å². The summed E-state index contributed by atoms with van der Waals surface area (Å²) in [6.45, 7) is 2.59. The molecule has 4 nitrogen and oxygen atoms in total. The van der Waals surface area contributed by atoms with Crippen molar-refractivity contribution >= 4 is 15.7 Å². The Bertz CT molecular complexity index is 513. The zero-order chi connectivity index (χ0) is 13.2. The second-order valence-electron chi connectivity index (χ2n) is 4.89. The fourth-order valence-corrected chi connectivity index (χ4v) is 4.17. The molecule has 2 N–H and O–H groups in total. The second kappa shape index (κ2) is 5.28. The number of rotatable bonds is 2. The van der Waals surface area contributed by atoms with Crippen LogP contribution in [0.5, 0.6) is 0 Å². The highest BCUT2D eigenvalue weighted by Crippen LogP contribution is 2.25. The van der Waals surface area contributed by atoms with Crippen molar-refractivity contribution in [1.82, 2.24) is 4.31 Å². The molecule has 0 amide bonds. The third-order valence-electron chi connectivity index (χ3n) is 3.46. The smallest absolute Gasteiger partial charge is 0.243 e. The monoisotopic (exact) mass is 268 g/mol. The fourth-order valence-electron chi connectivity index (χ4n) is 2.42. The van der Waals surface area contributed by atoms with Crippen molar-refractivity contribution in [3.05, 3.63) is 24.3 Å². The molecule has 1 aromatic carbocycles. The van der Waals surface area contributed by atoms with Crippen molar-refractivity contribution in [1.29, 1.82) is 0 Å². The van der Waals surface area contributed by atoms with Gasteiger partial charge < -0.3 is 5.73 Å². The van der Waals surface area contributed by atoms with Gasteiger partial charge in [0, 0.05) is 18.3 Å². The molecule has 1 saturated heterocycles. The van der Waals surface area contributed by atoms with Crippen LogP contribution >= 0.6 is 0 Å². The van der Waals surface area contributed by atoms with Gasteiger partial charge in [0.05, 0.1) is 4.90 Å². The standard InChI is InChI=1S/C13H20N2O2S/c1-11-6-3-2-4-9-15(11)18(16,17)13-8-5-7-12(14)10-13/h5,7-8,10-11H,2-4,6,9,14H2,1H3. The predicted molar refractivity (Wildman–Crippen MR) is 72.7 cm³/mol. The van der Waals surface area contributed by atoms with E-state index in [9.17, 15) is 8.42 Å². The van der Waals surface area contributed by atoms with Gasteiger partial charge in [-0.3, -0.25) is 0 Å². The molecule has 18 heavy (non-hydrogen) atoms. The zero-order valence-corrected chi connectivity index (χ0v) is 11.5. The van der Waals surface area contributed by atoms with Crippen LogP contribution in [-0.4, -0.2) is 25.3 Å². The Morgan fingerprint density at radius 2 is 2.06 bits per heavy atom. The lowest BCUT2D eigenvalue weighted by Crippen LogP contribution is -2.38. The molecule has 1 aliphatic rings. The van der Waals surface area contributed by atoms with Crippen LogP contribution in [0.3, 0.4) is 0 Å². The predicted octanol–water partition coefficient (Wildman–Crippen LogP) is 2.22. The molecular formula is C13H20N2O2S. The Hall–Kier alpha value is -1.07. The van der Waals surface area contributed by atoms with Gasteiger partial charge in [-0.1, -0.05) is 18.9 Å². The second-order valence-corrected chi connectivity index (χ2v) is 6.78. The van der Waals surface area contributed by atoms with Crippen molar-refractivity contribution in [2.24, 2.45) is 0 Å². The summed E-state index contributed by atoms with van der Waals surface area (Å²) < 4.78 is 26.8. The maximum absolute atomic E-state index is 12.6. The van der Waals surface area contributed by atoms with Crippen LogP contribution in [0.15, 0.2) is 29.2 Å². The average molecular weight is 268 g/mol. The summed E-state index contributed by atoms with van der Waals surface area (Å²) in [5.41, 5.74) is 6.15. The average Bonchev–Trinajstić information content (AvgIpc) is 2.54. The van der Waals surface area contributed by atoms with Gasteiger partial charge in [0.1, 0.15) is 0 Å². The molecule has 0 radical (unpaired) electrons. The Kier molecular flexibility index (Phi) is 3.92. The number of nitrogens with two attached hydrogens (primary N) is 1. The van der Waals surface area contributed by atoms with Gasteiger partial charge in [-0.2, -0.15) is 4.31 Å². The lowest BCUT2D eigenvalue weighted by molar-refractivity contribution is 0.342. The molecule has 5 heteroatoms. The maximum atomic E-state index is 12.6. The van der Waals surface area contributed by atoms with E-state index >= 15 is 0 Å². The van der Waals surface area contributed by atoms with Crippen molar-refractivity contribution in [3.8, 4) is 0 Å². The lowest BCUT2D eigenvalue weighted by atomic mass is 10.1. The van der Waals surface area contributed by atoms with E-state index in [2.05, 4.69) is 0 Å². The number of benzene rings is 1. The van der Waals surface area contributed by atoms with E-state index in [0.29, 0.717) is 17.1 Å². The minimum Gasteiger partial charge on any atom is -0.399 e. The van der Waals surface area contributed by atoms with Gasteiger partial charge in [0.25, 0.3) is 0 Å². The van der Waals surface area contributed by atoms with E-state index in [0.717, 1.165) is 25.7 Å². The molecule has 0 saturated carbocycles. The highest BCUT2D eigenvalue weighted by atomic mass is 32.2. The van der Waals surface area contributed by atoms with Gasteiger partial charge >= 0.3 is 0 Å². The van der Waals surface area contributed by atoms with Crippen LogP contribution in [0.4, 0.5) is 5.69 Å². The molecule has 100 valence electrons. The van der Waals surface area contributed by atoms with Crippen LogP contribution in [0.2, 0.25) is 0 Å². The van der Waals surface area contributed by atoms with Crippen LogP contribution < -0.4 is 5.73 Å². The molecule has 0 bridgehead atoms. The third-order valence-corrected chi connectivity index (χ3v) is 5.47. The minimum absolute atomic E-state index is 0.0685. The molecule has 2 rings (SSSR count). The van der Waals surface area contributed by atoms with Gasteiger partial charge in [-0.15, -0.1) is 0 Å². The summed E-state index contributed by atoms with van der Waals surface area (Å²) in [6, 6.07) is 6.60. The van der Waals surface area contributed by atoms with Crippen molar-refractivity contribution in [3.63, 3.8) is 0 Å². The molecule has 1 unspecified atom stereocenters. The summed E-state index contributed by atoms with van der Waals surface area (Å²) in [7, 11) is -3.40. The van der Waals surface area contributed by atoms with Gasteiger partial charge in [-0.05, 0) is 38.0 Å². The minimum atomic E-state index is -3.40. The van der Waals surface area contributed by atoms with Crippen LogP contribution in [0, 0.1) is 0 Å². The number of sulfonamides is 1. The molecule has 0 spiro atoms. The van der Waals surface area contributed by atoms with Crippen LogP contribution in [0.25, 0.3) is 0 Å². The summed E-state index contributed by atoms with van der Waals surface area (Å²) in [6.07, 6.45) is 4.07. The van der Waals surface area contributed by atoms with Gasteiger partial charge in [-0.25, -0.2) is 8.42 Å². The number of nitrogen functional groups attached to an aromatic ring is 1. The SMILES string of the molecule is CC1CCCCCN1S(=O)(=O)c1cccc(N)c1. The number of anilines is 1. The van der Waals surface area contributed by atoms with Crippen molar-refractivity contribution < 1.29 is 8.42 Å². The van der Waals surface area contributed by atoms with Gasteiger partial charge in [0.15, 0.2) is 0 Å². The van der Waals surface area contributed by atoms with Crippen molar-refractivity contribution in [2.45, 2.75) is 43.5 Å². The third kappa shape index (κ3) is 2.67. The summed E-state index contributed by atoms with van der Waals surface area (Å²) >= 11 is 0. The molecule has 1 aromatic rings. The molecule has 1 atom stereocenters. The van der Waals surface area contributed by atoms with E-state index < -0.39 is 10.0 Å². The summed E-state index contributed by atoms with van der Waals surface area (Å²) in [5, 5.41) is 0. The highest BCUT2D eigenvalue weighted by molar-refractivity contribution is 7.89. The zero-order valence-electron chi connectivity index (χ0n) is 10.7. The fraction of sp³-hybridized carbons (Fsp3) is 0.538. The van der Waals surface area contributed by atoms with Crippen molar-refractivity contribution in [2.75, 3.05) is 12.3 Å². The normalized spacial score (nSPS) is 22.6. The molecule has 0 aromatic heterocycles. The quantitative estimate of drug-likeness (QED) is 0.836. The Morgan fingerprint density at radius 3 is 2.78 bits per heavy atom. The topological polar surface area (TPSA) is 63.4 Å². The first-order valence-corrected chi connectivity index (χ1v) is 7.83.